The number of rotatable bonds is 5. The summed E-state index contributed by atoms with van der Waals surface area (Å²) in [4.78, 5) is 11.6. The summed E-state index contributed by atoms with van der Waals surface area (Å²) in [5.41, 5.74) is 3.64. The van der Waals surface area contributed by atoms with Crippen molar-refractivity contribution < 1.29 is 18.7 Å². The van der Waals surface area contributed by atoms with E-state index < -0.39 is 0 Å². The van der Waals surface area contributed by atoms with Gasteiger partial charge in [0.1, 0.15) is 16.9 Å². The van der Waals surface area contributed by atoms with E-state index in [-0.39, 0.29) is 12.2 Å². The second-order valence-corrected chi connectivity index (χ2v) is 5.77. The van der Waals surface area contributed by atoms with Crippen molar-refractivity contribution in [3.05, 3.63) is 45.0 Å². The van der Waals surface area contributed by atoms with Crippen LogP contribution >= 0.6 is 0 Å². The standard InChI is InChI=1S/C18H20O5/c1-10-7-16(20)23-17-11(2)18-14(8-13(10)17)15(12(3)22-18)9-21-6-4-5-19/h7-8,19H,4-6,9H2,1-3H3. The molecule has 0 saturated carbocycles. The van der Waals surface area contributed by atoms with Crippen LogP contribution in [0, 0.1) is 20.8 Å². The Morgan fingerprint density at radius 3 is 2.57 bits per heavy atom. The van der Waals surface area contributed by atoms with Crippen molar-refractivity contribution >= 4 is 21.9 Å². The minimum Gasteiger partial charge on any atom is -0.461 e. The lowest BCUT2D eigenvalue weighted by Gasteiger charge is -2.06. The predicted molar refractivity (Wildman–Crippen MR) is 87.8 cm³/mol. The van der Waals surface area contributed by atoms with Crippen LogP contribution in [-0.2, 0) is 11.3 Å². The lowest BCUT2D eigenvalue weighted by atomic mass is 10.0. The van der Waals surface area contributed by atoms with Gasteiger partial charge in [0, 0.05) is 41.2 Å². The molecule has 122 valence electrons. The number of hydrogen-bond acceptors (Lipinski definition) is 5. The third-order valence-electron chi connectivity index (χ3n) is 4.12. The Kier molecular flexibility index (Phi) is 4.24. The fourth-order valence-corrected chi connectivity index (χ4v) is 2.87. The predicted octanol–water partition coefficient (Wildman–Crippen LogP) is 3.36. The lowest BCUT2D eigenvalue weighted by Crippen LogP contribution is -2.00. The van der Waals surface area contributed by atoms with Gasteiger partial charge in [0.15, 0.2) is 0 Å². The van der Waals surface area contributed by atoms with Gasteiger partial charge in [-0.05, 0) is 38.8 Å². The molecule has 2 heterocycles. The quantitative estimate of drug-likeness (QED) is 0.577. The Labute approximate surface area is 133 Å². The fourth-order valence-electron chi connectivity index (χ4n) is 2.87. The molecule has 0 aliphatic carbocycles. The molecule has 0 amide bonds. The van der Waals surface area contributed by atoms with Gasteiger partial charge in [0.2, 0.25) is 0 Å². The number of aliphatic hydroxyl groups is 1. The average molecular weight is 316 g/mol. The molecule has 0 fully saturated rings. The minimum atomic E-state index is -0.353. The van der Waals surface area contributed by atoms with Gasteiger partial charge in [-0.3, -0.25) is 0 Å². The smallest absolute Gasteiger partial charge is 0.336 e. The van der Waals surface area contributed by atoms with Crippen LogP contribution in [0.4, 0.5) is 0 Å². The Morgan fingerprint density at radius 2 is 1.83 bits per heavy atom. The van der Waals surface area contributed by atoms with Crippen molar-refractivity contribution in [1.82, 2.24) is 0 Å². The van der Waals surface area contributed by atoms with Gasteiger partial charge in [0.25, 0.3) is 0 Å². The molecule has 3 rings (SSSR count). The molecule has 1 N–H and O–H groups in total. The second-order valence-electron chi connectivity index (χ2n) is 5.77. The second kappa shape index (κ2) is 6.18. The third-order valence-corrected chi connectivity index (χ3v) is 4.12. The van der Waals surface area contributed by atoms with Gasteiger partial charge in [-0.1, -0.05) is 0 Å². The molecule has 0 radical (unpaired) electrons. The first-order chi connectivity index (χ1) is 11.0. The molecule has 0 saturated heterocycles. The van der Waals surface area contributed by atoms with Crippen molar-refractivity contribution in [2.45, 2.75) is 33.8 Å². The van der Waals surface area contributed by atoms with E-state index in [1.165, 1.54) is 6.07 Å². The van der Waals surface area contributed by atoms with E-state index in [4.69, 9.17) is 18.7 Å². The van der Waals surface area contributed by atoms with Gasteiger partial charge in [-0.15, -0.1) is 0 Å². The highest BCUT2D eigenvalue weighted by molar-refractivity contribution is 5.99. The van der Waals surface area contributed by atoms with Crippen molar-refractivity contribution in [3.8, 4) is 0 Å². The molecule has 0 bridgehead atoms. The third kappa shape index (κ3) is 2.78. The Bertz CT molecular complexity index is 917. The van der Waals surface area contributed by atoms with Crippen LogP contribution in [0.25, 0.3) is 21.9 Å². The zero-order chi connectivity index (χ0) is 16.6. The van der Waals surface area contributed by atoms with Gasteiger partial charge in [-0.25, -0.2) is 4.79 Å². The molecule has 2 aromatic heterocycles. The van der Waals surface area contributed by atoms with Gasteiger partial charge >= 0.3 is 5.63 Å². The fraction of sp³-hybridized carbons (Fsp3) is 0.389. The molecule has 0 atom stereocenters. The molecule has 5 heteroatoms. The maximum atomic E-state index is 11.6. The first-order valence-corrected chi connectivity index (χ1v) is 7.67. The average Bonchev–Trinajstić information content (AvgIpc) is 2.82. The van der Waals surface area contributed by atoms with E-state index >= 15 is 0 Å². The number of ether oxygens (including phenoxy) is 1. The summed E-state index contributed by atoms with van der Waals surface area (Å²) in [6.07, 6.45) is 0.612. The zero-order valence-electron chi connectivity index (χ0n) is 13.6. The molecule has 0 aliphatic rings. The molecule has 1 aromatic carbocycles. The van der Waals surface area contributed by atoms with Crippen LogP contribution < -0.4 is 5.63 Å². The number of fused-ring (bicyclic) bond motifs is 2. The van der Waals surface area contributed by atoms with Crippen LogP contribution in [0.5, 0.6) is 0 Å². The summed E-state index contributed by atoms with van der Waals surface area (Å²) >= 11 is 0. The molecular weight excluding hydrogens is 296 g/mol. The number of hydrogen-bond donors (Lipinski definition) is 1. The summed E-state index contributed by atoms with van der Waals surface area (Å²) in [5, 5.41) is 10.7. The van der Waals surface area contributed by atoms with Crippen LogP contribution in [-0.4, -0.2) is 18.3 Å². The molecule has 0 unspecified atom stereocenters. The highest BCUT2D eigenvalue weighted by Gasteiger charge is 2.17. The van der Waals surface area contributed by atoms with Crippen molar-refractivity contribution in [2.24, 2.45) is 0 Å². The number of furan rings is 1. The summed E-state index contributed by atoms with van der Waals surface area (Å²) in [6, 6.07) is 3.50. The largest absolute Gasteiger partial charge is 0.461 e. The van der Waals surface area contributed by atoms with Gasteiger partial charge in [-0.2, -0.15) is 0 Å². The summed E-state index contributed by atoms with van der Waals surface area (Å²) in [7, 11) is 0. The SMILES string of the molecule is Cc1oc2c(C)c3oc(=O)cc(C)c3cc2c1COCCCO. The van der Waals surface area contributed by atoms with Crippen molar-refractivity contribution in [2.75, 3.05) is 13.2 Å². The molecule has 3 aromatic rings. The van der Waals surface area contributed by atoms with E-state index in [0.29, 0.717) is 25.2 Å². The Hall–Kier alpha value is -2.11. The monoisotopic (exact) mass is 316 g/mol. The van der Waals surface area contributed by atoms with E-state index in [2.05, 4.69) is 0 Å². The molecule has 5 nitrogen and oxygen atoms in total. The zero-order valence-corrected chi connectivity index (χ0v) is 13.6. The van der Waals surface area contributed by atoms with Crippen LogP contribution in [0.1, 0.15) is 28.9 Å². The number of benzene rings is 1. The van der Waals surface area contributed by atoms with E-state index in [0.717, 1.165) is 38.8 Å². The maximum absolute atomic E-state index is 11.6. The molecular formula is C18H20O5. The van der Waals surface area contributed by atoms with E-state index in [1.807, 2.05) is 26.8 Å². The van der Waals surface area contributed by atoms with Crippen molar-refractivity contribution in [3.63, 3.8) is 0 Å². The number of aliphatic hydroxyl groups excluding tert-OH is 1. The van der Waals surface area contributed by atoms with Crippen LogP contribution in [0.15, 0.2) is 25.8 Å². The van der Waals surface area contributed by atoms with E-state index in [1.54, 1.807) is 0 Å². The van der Waals surface area contributed by atoms with Gasteiger partial charge in [0.05, 0.1) is 6.61 Å². The summed E-state index contributed by atoms with van der Waals surface area (Å²) < 4.78 is 16.9. The maximum Gasteiger partial charge on any atom is 0.336 e. The van der Waals surface area contributed by atoms with Crippen LogP contribution in [0.2, 0.25) is 0 Å². The molecule has 23 heavy (non-hydrogen) atoms. The first kappa shape index (κ1) is 15.8. The minimum absolute atomic E-state index is 0.118. The highest BCUT2D eigenvalue weighted by Crippen LogP contribution is 2.34. The topological polar surface area (TPSA) is 72.8 Å². The van der Waals surface area contributed by atoms with E-state index in [9.17, 15) is 4.79 Å². The summed E-state index contributed by atoms with van der Waals surface area (Å²) in [6.45, 7) is 6.74. The molecule has 0 spiro atoms. The Morgan fingerprint density at radius 1 is 1.09 bits per heavy atom. The highest BCUT2D eigenvalue weighted by atomic mass is 16.5. The molecule has 0 aliphatic heterocycles. The van der Waals surface area contributed by atoms with Gasteiger partial charge < -0.3 is 18.7 Å². The Balaban J connectivity index is 2.16. The number of aryl methyl sites for hydroxylation is 3. The van der Waals surface area contributed by atoms with Crippen molar-refractivity contribution in [1.29, 1.82) is 0 Å². The lowest BCUT2D eigenvalue weighted by molar-refractivity contribution is 0.104. The van der Waals surface area contributed by atoms with Crippen LogP contribution in [0.3, 0.4) is 0 Å². The normalized spacial score (nSPS) is 11.7. The summed E-state index contributed by atoms with van der Waals surface area (Å²) in [5.74, 6) is 0.794. The first-order valence-electron chi connectivity index (χ1n) is 7.67.